The number of phenolic OH excluding ortho intramolecular Hbond substituents is 1. The van der Waals surface area contributed by atoms with Crippen LogP contribution in [0.5, 0.6) is 5.75 Å². The van der Waals surface area contributed by atoms with Crippen molar-refractivity contribution in [2.75, 3.05) is 19.6 Å². The summed E-state index contributed by atoms with van der Waals surface area (Å²) in [4.78, 5) is 24.4. The first-order valence-corrected chi connectivity index (χ1v) is 11.3. The Balaban J connectivity index is 1.44. The van der Waals surface area contributed by atoms with Crippen LogP contribution in [0.4, 0.5) is 0 Å². The highest BCUT2D eigenvalue weighted by molar-refractivity contribution is 7.89. The molecule has 2 aromatic carbocycles. The van der Waals surface area contributed by atoms with Crippen molar-refractivity contribution < 1.29 is 23.1 Å². The van der Waals surface area contributed by atoms with Gasteiger partial charge in [0.25, 0.3) is 11.8 Å². The molecule has 1 fully saturated rings. The van der Waals surface area contributed by atoms with Gasteiger partial charge in [-0.25, -0.2) is 13.1 Å². The van der Waals surface area contributed by atoms with E-state index in [0.717, 1.165) is 12.8 Å². The van der Waals surface area contributed by atoms with Crippen LogP contribution in [0.15, 0.2) is 53.4 Å². The Kier molecular flexibility index (Phi) is 7.07. The van der Waals surface area contributed by atoms with Crippen LogP contribution in [0.1, 0.15) is 40.0 Å². The average molecular weight is 432 g/mol. The number of hydrogen-bond donors (Lipinski definition) is 4. The Hall–Kier alpha value is -2.91. The smallest absolute Gasteiger partial charge is 0.251 e. The van der Waals surface area contributed by atoms with Crippen LogP contribution >= 0.6 is 0 Å². The second kappa shape index (κ2) is 9.73. The highest BCUT2D eigenvalue weighted by Gasteiger charge is 2.24. The molecule has 30 heavy (non-hydrogen) atoms. The summed E-state index contributed by atoms with van der Waals surface area (Å²) in [6.45, 7) is 1.08. The summed E-state index contributed by atoms with van der Waals surface area (Å²) in [7, 11) is -3.63. The van der Waals surface area contributed by atoms with E-state index in [4.69, 9.17) is 0 Å². The highest BCUT2D eigenvalue weighted by atomic mass is 32.2. The van der Waals surface area contributed by atoms with E-state index in [0.29, 0.717) is 37.5 Å². The summed E-state index contributed by atoms with van der Waals surface area (Å²) < 4.78 is 27.3. The lowest BCUT2D eigenvalue weighted by molar-refractivity contribution is 0.0951. The minimum atomic E-state index is -3.63. The van der Waals surface area contributed by atoms with Crippen molar-refractivity contribution in [3.05, 3.63) is 59.7 Å². The summed E-state index contributed by atoms with van der Waals surface area (Å²) in [5, 5.41) is 14.8. The largest absolute Gasteiger partial charge is 0.508 e. The molecule has 0 unspecified atom stereocenters. The molecule has 4 N–H and O–H groups in total. The molecule has 0 radical (unpaired) electrons. The van der Waals surface area contributed by atoms with Gasteiger partial charge in [-0.3, -0.25) is 9.59 Å². The van der Waals surface area contributed by atoms with E-state index in [1.807, 2.05) is 0 Å². The minimum Gasteiger partial charge on any atom is -0.508 e. The summed E-state index contributed by atoms with van der Waals surface area (Å²) in [5.74, 6) is -0.261. The van der Waals surface area contributed by atoms with E-state index in [1.165, 1.54) is 30.3 Å². The van der Waals surface area contributed by atoms with Crippen molar-refractivity contribution in [1.82, 2.24) is 15.4 Å². The third kappa shape index (κ3) is 6.30. The molecule has 9 heteroatoms. The lowest BCUT2D eigenvalue weighted by Crippen LogP contribution is -2.30. The average Bonchev–Trinajstić information content (AvgIpc) is 3.56. The number of rotatable bonds is 10. The summed E-state index contributed by atoms with van der Waals surface area (Å²) >= 11 is 0. The van der Waals surface area contributed by atoms with Gasteiger partial charge in [0.05, 0.1) is 4.90 Å². The van der Waals surface area contributed by atoms with Crippen LogP contribution < -0.4 is 15.4 Å². The number of carbonyl (C=O) groups excluding carboxylic acids is 2. The first-order valence-electron chi connectivity index (χ1n) is 9.80. The molecule has 0 aromatic heterocycles. The standard InChI is InChI=1S/C21H25N3O5S/c25-18-6-1-4-16(12-18)20(26)22-10-3-11-23-21(27)17-5-2-7-19(13-17)30(28,29)24-14-15-8-9-15/h1-2,4-7,12-13,15,24-25H,3,8-11,14H2,(H,22,26)(H,23,27). The molecule has 8 nitrogen and oxygen atoms in total. The van der Waals surface area contributed by atoms with Gasteiger partial charge in [0, 0.05) is 30.8 Å². The number of aromatic hydroxyl groups is 1. The molecule has 0 heterocycles. The van der Waals surface area contributed by atoms with E-state index in [-0.39, 0.29) is 28.0 Å². The second-order valence-electron chi connectivity index (χ2n) is 7.24. The molecule has 3 rings (SSSR count). The van der Waals surface area contributed by atoms with Crippen LogP contribution in [0.2, 0.25) is 0 Å². The van der Waals surface area contributed by atoms with Crippen LogP contribution in [-0.4, -0.2) is 45.0 Å². The first kappa shape index (κ1) is 21.8. The molecule has 0 spiro atoms. The van der Waals surface area contributed by atoms with Crippen LogP contribution in [0.3, 0.4) is 0 Å². The number of sulfonamides is 1. The lowest BCUT2D eigenvalue weighted by Gasteiger charge is -2.09. The number of hydrogen-bond acceptors (Lipinski definition) is 5. The fraction of sp³-hybridized carbons (Fsp3) is 0.333. The molecular formula is C21H25N3O5S. The number of benzene rings is 2. The molecule has 1 aliphatic rings. The van der Waals surface area contributed by atoms with E-state index >= 15 is 0 Å². The number of phenols is 1. The molecule has 2 aromatic rings. The third-order valence-corrected chi connectivity index (χ3v) is 6.12. The second-order valence-corrected chi connectivity index (χ2v) is 9.01. The highest BCUT2D eigenvalue weighted by Crippen LogP contribution is 2.28. The molecule has 160 valence electrons. The van der Waals surface area contributed by atoms with E-state index < -0.39 is 10.0 Å². The zero-order valence-corrected chi connectivity index (χ0v) is 17.2. The Labute approximate surface area is 175 Å². The molecule has 1 aliphatic carbocycles. The summed E-state index contributed by atoms with van der Waals surface area (Å²) in [6.07, 6.45) is 2.58. The number of nitrogens with one attached hydrogen (secondary N) is 3. The molecule has 0 aliphatic heterocycles. The van der Waals surface area contributed by atoms with Gasteiger partial charge in [-0.15, -0.1) is 0 Å². The van der Waals surface area contributed by atoms with Gasteiger partial charge in [-0.1, -0.05) is 12.1 Å². The summed E-state index contributed by atoms with van der Waals surface area (Å²) in [5.41, 5.74) is 0.612. The van der Waals surface area contributed by atoms with Crippen LogP contribution in [0.25, 0.3) is 0 Å². The van der Waals surface area contributed by atoms with Crippen molar-refractivity contribution in [2.24, 2.45) is 5.92 Å². The SMILES string of the molecule is O=C(NCCCNC(=O)c1cccc(S(=O)(=O)NCC2CC2)c1)c1cccc(O)c1. The molecule has 0 saturated heterocycles. The maximum Gasteiger partial charge on any atom is 0.251 e. The van der Waals surface area contributed by atoms with Crippen LogP contribution in [-0.2, 0) is 10.0 Å². The Morgan fingerprint density at radius 3 is 2.13 bits per heavy atom. The van der Waals surface area contributed by atoms with Crippen molar-refractivity contribution in [1.29, 1.82) is 0 Å². The fourth-order valence-corrected chi connectivity index (χ4v) is 3.94. The number of carbonyl (C=O) groups is 2. The maximum absolute atomic E-state index is 12.3. The van der Waals surface area contributed by atoms with Gasteiger partial charge in [-0.2, -0.15) is 0 Å². The molecule has 0 atom stereocenters. The number of amides is 2. The normalized spacial score (nSPS) is 13.6. The quantitative estimate of drug-likeness (QED) is 0.426. The van der Waals surface area contributed by atoms with Gasteiger partial charge in [0.2, 0.25) is 10.0 Å². The fourth-order valence-electron chi connectivity index (χ4n) is 2.78. The zero-order valence-electron chi connectivity index (χ0n) is 16.4. The minimum absolute atomic E-state index is 0.0156. The van der Waals surface area contributed by atoms with Gasteiger partial charge < -0.3 is 15.7 Å². The van der Waals surface area contributed by atoms with Gasteiger partial charge in [0.15, 0.2) is 0 Å². The first-order chi connectivity index (χ1) is 14.3. The molecular weight excluding hydrogens is 406 g/mol. The van der Waals surface area contributed by atoms with Crippen molar-refractivity contribution in [2.45, 2.75) is 24.2 Å². The van der Waals surface area contributed by atoms with Gasteiger partial charge >= 0.3 is 0 Å². The van der Waals surface area contributed by atoms with E-state index in [1.54, 1.807) is 18.2 Å². The molecule has 1 saturated carbocycles. The topological polar surface area (TPSA) is 125 Å². The van der Waals surface area contributed by atoms with E-state index in [9.17, 15) is 23.1 Å². The van der Waals surface area contributed by atoms with Gasteiger partial charge in [0.1, 0.15) is 5.75 Å². The van der Waals surface area contributed by atoms with Crippen molar-refractivity contribution in [3.8, 4) is 5.75 Å². The summed E-state index contributed by atoms with van der Waals surface area (Å²) in [6, 6.07) is 11.9. The predicted molar refractivity (Wildman–Crippen MR) is 112 cm³/mol. The van der Waals surface area contributed by atoms with Crippen molar-refractivity contribution in [3.63, 3.8) is 0 Å². The van der Waals surface area contributed by atoms with Crippen molar-refractivity contribution >= 4 is 21.8 Å². The molecule has 2 amide bonds. The van der Waals surface area contributed by atoms with Gasteiger partial charge in [-0.05, 0) is 61.6 Å². The third-order valence-electron chi connectivity index (χ3n) is 4.70. The lowest BCUT2D eigenvalue weighted by atomic mass is 10.2. The Bertz CT molecular complexity index is 1020. The maximum atomic E-state index is 12.3. The monoisotopic (exact) mass is 431 g/mol. The predicted octanol–water partition coefficient (Wildman–Crippen LogP) is 1.63. The van der Waals surface area contributed by atoms with Crippen LogP contribution in [0, 0.1) is 5.92 Å². The zero-order chi connectivity index (χ0) is 21.6. The molecule has 0 bridgehead atoms. The van der Waals surface area contributed by atoms with E-state index in [2.05, 4.69) is 15.4 Å². The Morgan fingerprint density at radius 2 is 1.53 bits per heavy atom. The Morgan fingerprint density at radius 1 is 0.933 bits per heavy atom.